The van der Waals surface area contributed by atoms with Crippen LogP contribution in [0.25, 0.3) is 0 Å². The molecule has 2 aliphatic rings. The molecule has 6 nitrogen and oxygen atoms in total. The molecular weight excluding hydrogens is 388 g/mol. The summed E-state index contributed by atoms with van der Waals surface area (Å²) in [5.41, 5.74) is 0.936. The third kappa shape index (κ3) is 5.37. The number of hydrogen-bond acceptors (Lipinski definition) is 5. The van der Waals surface area contributed by atoms with E-state index < -0.39 is 43.7 Å². The summed E-state index contributed by atoms with van der Waals surface area (Å²) in [4.78, 5) is 23.3. The van der Waals surface area contributed by atoms with Gasteiger partial charge in [0, 0.05) is 66.4 Å². The highest BCUT2D eigenvalue weighted by Gasteiger charge is 2.28. The van der Waals surface area contributed by atoms with Gasteiger partial charge in [-0.25, -0.2) is 4.98 Å². The molecule has 1 saturated carbocycles. The van der Waals surface area contributed by atoms with E-state index in [1.54, 1.807) is 13.2 Å². The molecule has 1 aromatic carbocycles. The van der Waals surface area contributed by atoms with Gasteiger partial charge in [0.05, 0.1) is 12.8 Å². The topological polar surface area (TPSA) is 48.9 Å². The maximum Gasteiger partial charge on any atom is 0.231 e. The van der Waals surface area contributed by atoms with Crippen LogP contribution in [-0.4, -0.2) is 62.2 Å². The number of piperazine rings is 1. The van der Waals surface area contributed by atoms with Crippen LogP contribution in [-0.2, 0) is 4.79 Å². The number of pyridine rings is 1. The Labute approximate surface area is 201 Å². The average molecular weight is 434 g/mol. The van der Waals surface area contributed by atoms with E-state index in [2.05, 4.69) is 9.88 Å². The zero-order chi connectivity index (χ0) is 31.4. The second-order valence-electron chi connectivity index (χ2n) is 7.15. The molecule has 1 aliphatic carbocycles. The van der Waals surface area contributed by atoms with Crippen LogP contribution in [0, 0.1) is 5.89 Å². The molecule has 2 heterocycles. The number of ether oxygens (including phenoxy) is 1. The Morgan fingerprint density at radius 2 is 1.87 bits per heavy atom. The number of benzene rings is 1. The summed E-state index contributed by atoms with van der Waals surface area (Å²) < 4.78 is 97.3. The Bertz CT molecular complexity index is 1260. The Balaban J connectivity index is 1.63. The van der Waals surface area contributed by atoms with Gasteiger partial charge in [0.25, 0.3) is 0 Å². The number of rotatable bonds is 7. The number of nitrogens with zero attached hydrogens (tertiary/aromatic N) is 4. The van der Waals surface area contributed by atoms with E-state index >= 15 is 0 Å². The minimum atomic E-state index is -3.79. The average Bonchev–Trinajstić information content (AvgIpc) is 2.96. The van der Waals surface area contributed by atoms with Crippen molar-refractivity contribution in [1.82, 2.24) is 9.88 Å². The first-order valence-electron chi connectivity index (χ1n) is 15.7. The second kappa shape index (κ2) is 10.6. The number of hydrogen-bond donors (Lipinski definition) is 0. The van der Waals surface area contributed by atoms with Crippen molar-refractivity contribution >= 4 is 17.4 Å². The van der Waals surface area contributed by atoms with Gasteiger partial charge in [-0.15, -0.1) is 0 Å². The van der Waals surface area contributed by atoms with E-state index in [1.807, 2.05) is 29.2 Å². The number of aromatic nitrogens is 1. The lowest BCUT2D eigenvalue weighted by Gasteiger charge is -2.37. The molecule has 0 N–H and O–H groups in total. The van der Waals surface area contributed by atoms with Gasteiger partial charge in [-0.1, -0.05) is 37.3 Å². The molecular formula is C25H34N4O2. The largest absolute Gasteiger partial charge is 0.495 e. The lowest BCUT2D eigenvalue weighted by Crippen LogP contribution is -2.50. The van der Waals surface area contributed by atoms with Gasteiger partial charge in [-0.2, -0.15) is 0 Å². The molecule has 6 heteroatoms. The Morgan fingerprint density at radius 3 is 2.58 bits per heavy atom. The van der Waals surface area contributed by atoms with E-state index in [0.29, 0.717) is 26.2 Å². The highest BCUT2D eigenvalue weighted by Crippen LogP contribution is 2.29. The van der Waals surface area contributed by atoms with Crippen LogP contribution in [0.15, 0.2) is 48.7 Å². The maximum atomic E-state index is 14.1. The first-order valence-corrected chi connectivity index (χ1v) is 10.2. The number of anilines is 2. The van der Waals surface area contributed by atoms with Crippen LogP contribution >= 0.6 is 0 Å². The third-order valence-corrected chi connectivity index (χ3v) is 5.32. The van der Waals surface area contributed by atoms with Gasteiger partial charge in [-0.3, -0.25) is 14.6 Å². The van der Waals surface area contributed by atoms with Gasteiger partial charge >= 0.3 is 0 Å². The van der Waals surface area contributed by atoms with Gasteiger partial charge in [0.15, 0.2) is 0 Å². The quantitative estimate of drug-likeness (QED) is 0.664. The van der Waals surface area contributed by atoms with Crippen molar-refractivity contribution in [2.45, 2.75) is 31.9 Å². The van der Waals surface area contributed by atoms with Gasteiger partial charge < -0.3 is 9.64 Å². The summed E-state index contributed by atoms with van der Waals surface area (Å²) in [6.45, 7) is 2.42. The van der Waals surface area contributed by atoms with Crippen molar-refractivity contribution < 1.29 is 24.6 Å². The third-order valence-electron chi connectivity index (χ3n) is 5.32. The lowest BCUT2D eigenvalue weighted by atomic mass is 9.88. The number of methoxy groups -OCH3 is 1. The molecule has 166 valence electrons. The van der Waals surface area contributed by atoms with Crippen molar-refractivity contribution in [3.8, 4) is 5.75 Å². The normalized spacial score (nSPS) is 32.4. The van der Waals surface area contributed by atoms with Crippen LogP contribution < -0.4 is 14.5 Å². The summed E-state index contributed by atoms with van der Waals surface area (Å²) in [7, 11) is 1.60. The predicted molar refractivity (Wildman–Crippen MR) is 125 cm³/mol. The first kappa shape index (κ1) is 11.9. The van der Waals surface area contributed by atoms with E-state index in [1.165, 1.54) is 18.3 Å². The molecule has 2 fully saturated rings. The predicted octanol–water partition coefficient (Wildman–Crippen LogP) is 3.83. The molecule has 0 bridgehead atoms. The van der Waals surface area contributed by atoms with Crippen molar-refractivity contribution in [2.24, 2.45) is 5.89 Å². The fourth-order valence-electron chi connectivity index (χ4n) is 3.67. The highest BCUT2D eigenvalue weighted by molar-refractivity contribution is 5.94. The smallest absolute Gasteiger partial charge is 0.231 e. The Kier molecular flexibility index (Phi) is 4.06. The molecule has 1 saturated heterocycles. The number of para-hydroxylation sites is 2. The fraction of sp³-hybridized carbons (Fsp3) is 0.520. The van der Waals surface area contributed by atoms with E-state index in [4.69, 9.17) is 19.8 Å². The molecule has 2 aromatic rings. The number of carbonyl (C=O) groups is 1. The first-order chi connectivity index (χ1) is 19.4. The van der Waals surface area contributed by atoms with Crippen molar-refractivity contribution in [2.75, 3.05) is 56.2 Å². The lowest BCUT2D eigenvalue weighted by molar-refractivity contribution is -0.123. The Morgan fingerprint density at radius 1 is 1.13 bits per heavy atom. The molecule has 31 heavy (non-hydrogen) atoms. The fourth-order valence-corrected chi connectivity index (χ4v) is 3.67. The number of carbonyl (C=O) groups excluding carboxylic acids is 1. The maximum absolute atomic E-state index is 14.1. The van der Waals surface area contributed by atoms with Crippen molar-refractivity contribution in [3.63, 3.8) is 0 Å². The summed E-state index contributed by atoms with van der Waals surface area (Å²) in [6.07, 6.45) is -17.4. The van der Waals surface area contributed by atoms with Gasteiger partial charge in [0.1, 0.15) is 11.6 Å². The van der Waals surface area contributed by atoms with E-state index in [0.717, 1.165) is 16.3 Å². The molecule has 1 aromatic heterocycles. The van der Waals surface area contributed by atoms with Crippen molar-refractivity contribution in [1.29, 1.82) is 0 Å². The zero-order valence-corrected chi connectivity index (χ0v) is 17.5. The molecule has 0 atom stereocenters. The van der Waals surface area contributed by atoms with Crippen LogP contribution in [0.5, 0.6) is 5.75 Å². The minimum absolute atomic E-state index is 0.0527. The second-order valence-corrected chi connectivity index (χ2v) is 7.15. The van der Waals surface area contributed by atoms with Crippen LogP contribution in [0.4, 0.5) is 11.5 Å². The SMILES string of the molecule is [2H]C1([2H])C([2H])([2H])C([2H])([2H])C([2H])(C(=O)N(CCN2CCN(c3ccccc3OC)CC2)c2ccccn2)C([2H])([2H])C1([2H])[2H]. The molecule has 0 spiro atoms. The van der Waals surface area contributed by atoms with Crippen LogP contribution in [0.3, 0.4) is 0 Å². The number of amides is 1. The van der Waals surface area contributed by atoms with E-state index in [9.17, 15) is 4.79 Å². The summed E-state index contributed by atoms with van der Waals surface area (Å²) in [5.74, 6) is -4.59. The van der Waals surface area contributed by atoms with Crippen LogP contribution in [0.2, 0.25) is 0 Å². The molecule has 1 aliphatic heterocycles. The monoisotopic (exact) mass is 433 g/mol. The summed E-state index contributed by atoms with van der Waals surface area (Å²) in [5, 5.41) is 0. The standard InChI is InChI=1S/C25H34N4O2/c1-31-23-12-6-5-11-22(23)28-18-15-27(16-19-28)17-20-29(24-13-7-8-14-26-24)25(30)21-9-3-2-4-10-21/h5-8,11-14,21H,2-4,9-10,15-20H2,1H3/i2D2,3D2,4D2,9D2,10D2,21D. The van der Waals surface area contributed by atoms with Crippen LogP contribution in [0.1, 0.15) is 46.9 Å². The molecule has 0 radical (unpaired) electrons. The highest BCUT2D eigenvalue weighted by atomic mass is 16.5. The van der Waals surface area contributed by atoms with Gasteiger partial charge in [0.2, 0.25) is 5.91 Å². The summed E-state index contributed by atoms with van der Waals surface area (Å²) >= 11 is 0. The minimum Gasteiger partial charge on any atom is -0.495 e. The zero-order valence-electron chi connectivity index (χ0n) is 28.5. The summed E-state index contributed by atoms with van der Waals surface area (Å²) in [6, 6.07) is 12.1. The Hall–Kier alpha value is -2.60. The van der Waals surface area contributed by atoms with Gasteiger partial charge in [-0.05, 0) is 37.0 Å². The molecule has 4 rings (SSSR count). The molecule has 1 amide bonds. The molecule has 0 unspecified atom stereocenters. The van der Waals surface area contributed by atoms with E-state index in [-0.39, 0.29) is 18.9 Å². The van der Waals surface area contributed by atoms with Crippen molar-refractivity contribution in [3.05, 3.63) is 48.7 Å².